The maximum Gasteiger partial charge on any atom is 0.143 e. The Kier molecular flexibility index (Phi) is 4.40. The van der Waals surface area contributed by atoms with Gasteiger partial charge in [0.15, 0.2) is 0 Å². The maximum absolute atomic E-state index is 4.42. The van der Waals surface area contributed by atoms with Gasteiger partial charge in [0.1, 0.15) is 5.82 Å². The van der Waals surface area contributed by atoms with Gasteiger partial charge in [0.05, 0.1) is 4.47 Å². The van der Waals surface area contributed by atoms with Crippen molar-refractivity contribution in [2.45, 2.75) is 13.5 Å². The number of aryl methyl sites for hydroxylation is 1. The lowest BCUT2D eigenvalue weighted by Crippen LogP contribution is -2.18. The highest BCUT2D eigenvalue weighted by Crippen LogP contribution is 2.27. The first-order chi connectivity index (χ1) is 8.58. The van der Waals surface area contributed by atoms with Crippen molar-refractivity contribution in [1.82, 2.24) is 4.98 Å². The van der Waals surface area contributed by atoms with Crippen molar-refractivity contribution >= 4 is 37.7 Å². The van der Waals surface area contributed by atoms with Gasteiger partial charge in [0, 0.05) is 24.3 Å². The summed E-state index contributed by atoms with van der Waals surface area (Å²) < 4.78 is 2.16. The molecular weight excluding hydrogens is 356 g/mol. The number of anilines is 1. The summed E-state index contributed by atoms with van der Waals surface area (Å²) in [4.78, 5) is 6.56. The molecule has 0 unspecified atom stereocenters. The van der Waals surface area contributed by atoms with Crippen molar-refractivity contribution in [3.63, 3.8) is 0 Å². The van der Waals surface area contributed by atoms with Gasteiger partial charge < -0.3 is 4.90 Å². The Hall–Kier alpha value is -0.870. The standard InChI is InChI=1S/C14H14Br2N2/c1-10-6-7-17-14(13(10)16)18(2)9-11-4-3-5-12(15)8-11/h3-8H,9H2,1-2H3. The molecule has 0 N–H and O–H groups in total. The average molecular weight is 370 g/mol. The van der Waals surface area contributed by atoms with Crippen LogP contribution in [0.4, 0.5) is 5.82 Å². The smallest absolute Gasteiger partial charge is 0.143 e. The molecule has 0 aliphatic heterocycles. The van der Waals surface area contributed by atoms with Crippen molar-refractivity contribution in [2.75, 3.05) is 11.9 Å². The molecule has 2 aromatic rings. The van der Waals surface area contributed by atoms with Crippen LogP contribution >= 0.6 is 31.9 Å². The zero-order chi connectivity index (χ0) is 13.1. The second kappa shape index (κ2) is 5.85. The molecule has 0 spiro atoms. The quantitative estimate of drug-likeness (QED) is 0.788. The molecule has 0 bridgehead atoms. The van der Waals surface area contributed by atoms with Crippen LogP contribution in [0.2, 0.25) is 0 Å². The van der Waals surface area contributed by atoms with Crippen LogP contribution in [0.5, 0.6) is 0 Å². The van der Waals surface area contributed by atoms with E-state index in [2.05, 4.69) is 60.8 Å². The highest BCUT2D eigenvalue weighted by atomic mass is 79.9. The van der Waals surface area contributed by atoms with Crippen LogP contribution in [0.1, 0.15) is 11.1 Å². The van der Waals surface area contributed by atoms with Crippen LogP contribution in [0.25, 0.3) is 0 Å². The SMILES string of the molecule is Cc1ccnc(N(C)Cc2cccc(Br)c2)c1Br. The predicted octanol–water partition coefficient (Wildman–Crippen LogP) is 4.55. The molecule has 0 saturated heterocycles. The third-order valence-electron chi connectivity index (χ3n) is 2.73. The number of rotatable bonds is 3. The molecule has 0 amide bonds. The molecule has 0 atom stereocenters. The van der Waals surface area contributed by atoms with E-state index < -0.39 is 0 Å². The van der Waals surface area contributed by atoms with Crippen molar-refractivity contribution in [2.24, 2.45) is 0 Å². The Bertz CT molecular complexity index is 555. The van der Waals surface area contributed by atoms with Gasteiger partial charge in [-0.1, -0.05) is 28.1 Å². The summed E-state index contributed by atoms with van der Waals surface area (Å²) in [5.74, 6) is 0.968. The first kappa shape index (κ1) is 13.6. The van der Waals surface area contributed by atoms with Crippen LogP contribution in [0.3, 0.4) is 0 Å². The first-order valence-corrected chi connectivity index (χ1v) is 7.23. The Balaban J connectivity index is 2.22. The summed E-state index contributed by atoms with van der Waals surface area (Å²) in [6, 6.07) is 10.3. The summed E-state index contributed by atoms with van der Waals surface area (Å²) in [7, 11) is 2.05. The number of pyridine rings is 1. The van der Waals surface area contributed by atoms with Gasteiger partial charge in [-0.05, 0) is 52.2 Å². The fourth-order valence-corrected chi connectivity index (χ4v) is 2.76. The lowest BCUT2D eigenvalue weighted by Gasteiger charge is -2.20. The second-order valence-electron chi connectivity index (χ2n) is 4.25. The van der Waals surface area contributed by atoms with Gasteiger partial charge in [0.25, 0.3) is 0 Å². The zero-order valence-corrected chi connectivity index (χ0v) is 13.5. The third-order valence-corrected chi connectivity index (χ3v) is 4.21. The average Bonchev–Trinajstić information content (AvgIpc) is 2.32. The molecule has 0 aliphatic rings. The third kappa shape index (κ3) is 3.12. The lowest BCUT2D eigenvalue weighted by molar-refractivity contribution is 0.891. The summed E-state index contributed by atoms with van der Waals surface area (Å²) in [5.41, 5.74) is 2.45. The molecular formula is C14H14Br2N2. The molecule has 18 heavy (non-hydrogen) atoms. The second-order valence-corrected chi connectivity index (χ2v) is 5.96. The van der Waals surface area contributed by atoms with Crippen LogP contribution in [0, 0.1) is 6.92 Å². The number of hydrogen-bond acceptors (Lipinski definition) is 2. The number of benzene rings is 1. The number of aromatic nitrogens is 1. The fraction of sp³-hybridized carbons (Fsp3) is 0.214. The van der Waals surface area contributed by atoms with Crippen LogP contribution in [0.15, 0.2) is 45.5 Å². The Morgan fingerprint density at radius 1 is 1.22 bits per heavy atom. The van der Waals surface area contributed by atoms with E-state index in [0.29, 0.717) is 0 Å². The topological polar surface area (TPSA) is 16.1 Å². The molecule has 1 aromatic heterocycles. The first-order valence-electron chi connectivity index (χ1n) is 5.64. The normalized spacial score (nSPS) is 10.4. The van der Waals surface area contributed by atoms with Gasteiger partial charge >= 0.3 is 0 Å². The largest absolute Gasteiger partial charge is 0.354 e. The van der Waals surface area contributed by atoms with Gasteiger partial charge in [-0.3, -0.25) is 0 Å². The highest BCUT2D eigenvalue weighted by molar-refractivity contribution is 9.11. The molecule has 2 rings (SSSR count). The molecule has 0 fully saturated rings. The number of halogens is 2. The van der Waals surface area contributed by atoms with E-state index in [9.17, 15) is 0 Å². The monoisotopic (exact) mass is 368 g/mol. The molecule has 2 nitrogen and oxygen atoms in total. The summed E-state index contributed by atoms with van der Waals surface area (Å²) >= 11 is 7.09. The molecule has 0 saturated carbocycles. The van der Waals surface area contributed by atoms with Crippen molar-refractivity contribution in [1.29, 1.82) is 0 Å². The van der Waals surface area contributed by atoms with Gasteiger partial charge in [-0.25, -0.2) is 4.98 Å². The predicted molar refractivity (Wildman–Crippen MR) is 82.9 cm³/mol. The highest BCUT2D eigenvalue weighted by Gasteiger charge is 2.09. The van der Waals surface area contributed by atoms with E-state index >= 15 is 0 Å². The van der Waals surface area contributed by atoms with Crippen molar-refractivity contribution in [3.8, 4) is 0 Å². The number of nitrogens with zero attached hydrogens (tertiary/aromatic N) is 2. The Labute approximate surface area is 124 Å². The molecule has 1 heterocycles. The molecule has 4 heteroatoms. The molecule has 0 aliphatic carbocycles. The number of hydrogen-bond donors (Lipinski definition) is 0. The van der Waals surface area contributed by atoms with Gasteiger partial charge in [0.2, 0.25) is 0 Å². The Morgan fingerprint density at radius 2 is 2.00 bits per heavy atom. The summed E-state index contributed by atoms with van der Waals surface area (Å²) in [6.07, 6.45) is 1.84. The van der Waals surface area contributed by atoms with Crippen molar-refractivity contribution < 1.29 is 0 Å². The summed E-state index contributed by atoms with van der Waals surface area (Å²) in [6.45, 7) is 2.90. The zero-order valence-electron chi connectivity index (χ0n) is 10.3. The summed E-state index contributed by atoms with van der Waals surface area (Å²) in [5, 5.41) is 0. The van der Waals surface area contributed by atoms with E-state index in [-0.39, 0.29) is 0 Å². The Morgan fingerprint density at radius 3 is 2.72 bits per heavy atom. The van der Waals surface area contributed by atoms with Crippen LogP contribution < -0.4 is 4.90 Å². The van der Waals surface area contributed by atoms with E-state index in [1.54, 1.807) is 0 Å². The lowest BCUT2D eigenvalue weighted by atomic mass is 10.2. The van der Waals surface area contributed by atoms with Crippen molar-refractivity contribution in [3.05, 3.63) is 56.6 Å². The van der Waals surface area contributed by atoms with E-state index in [1.807, 2.05) is 31.4 Å². The van der Waals surface area contributed by atoms with Crippen LogP contribution in [-0.4, -0.2) is 12.0 Å². The maximum atomic E-state index is 4.42. The van der Waals surface area contributed by atoms with Gasteiger partial charge in [-0.2, -0.15) is 0 Å². The van der Waals surface area contributed by atoms with Crippen LogP contribution in [-0.2, 0) is 6.54 Å². The minimum atomic E-state index is 0.828. The van der Waals surface area contributed by atoms with E-state index in [0.717, 1.165) is 21.3 Å². The molecule has 0 radical (unpaired) electrons. The van der Waals surface area contributed by atoms with Gasteiger partial charge in [-0.15, -0.1) is 0 Å². The van der Waals surface area contributed by atoms with E-state index in [4.69, 9.17) is 0 Å². The fourth-order valence-electron chi connectivity index (χ4n) is 1.78. The minimum Gasteiger partial charge on any atom is -0.354 e. The minimum absolute atomic E-state index is 0.828. The molecule has 1 aromatic carbocycles. The molecule has 94 valence electrons. The van der Waals surface area contributed by atoms with E-state index in [1.165, 1.54) is 11.1 Å².